The number of aryl methyl sites for hydroxylation is 1. The number of hydrogen-bond acceptors (Lipinski definition) is 6. The number of nitrogens with one attached hydrogen (secondary N) is 1. The Hall–Kier alpha value is -2.97. The van der Waals surface area contributed by atoms with Crippen molar-refractivity contribution in [3.63, 3.8) is 0 Å². The molecule has 1 saturated heterocycles. The van der Waals surface area contributed by atoms with E-state index in [1.807, 2.05) is 13.0 Å². The van der Waals surface area contributed by atoms with E-state index in [1.165, 1.54) is 12.4 Å². The Morgan fingerprint density at radius 2 is 2.25 bits per heavy atom. The molecular weight excluding hydrogens is 312 g/mol. The molecule has 9 heteroatoms. The van der Waals surface area contributed by atoms with Gasteiger partial charge in [-0.15, -0.1) is 0 Å². The van der Waals surface area contributed by atoms with Crippen LogP contribution in [-0.4, -0.2) is 49.3 Å². The quantitative estimate of drug-likeness (QED) is 0.840. The zero-order valence-electron chi connectivity index (χ0n) is 13.2. The van der Waals surface area contributed by atoms with Crippen LogP contribution in [-0.2, 0) is 11.3 Å². The predicted octanol–water partition coefficient (Wildman–Crippen LogP) is 0.999. The molecule has 126 valence electrons. The van der Waals surface area contributed by atoms with Gasteiger partial charge in [0.05, 0.1) is 18.6 Å². The SMILES string of the molecule is CCn1nccc1N1CCCC(Nc2cnc(C(=O)O)cn2)C1=O. The van der Waals surface area contributed by atoms with Crippen molar-refractivity contribution < 1.29 is 14.7 Å². The standard InChI is InChI=1S/C15H18N6O3/c1-2-21-13(5-6-18-21)20-7-3-4-10(14(20)22)19-12-9-16-11(8-17-12)15(23)24/h5-6,8-10H,2-4,7H2,1H3,(H,17,19)(H,23,24). The van der Waals surface area contributed by atoms with Crippen molar-refractivity contribution in [1.82, 2.24) is 19.7 Å². The molecule has 1 aliphatic rings. The number of aromatic carboxylic acids is 1. The highest BCUT2D eigenvalue weighted by Crippen LogP contribution is 2.22. The first-order valence-corrected chi connectivity index (χ1v) is 7.75. The van der Waals surface area contributed by atoms with Crippen LogP contribution in [0.3, 0.4) is 0 Å². The molecule has 9 nitrogen and oxygen atoms in total. The van der Waals surface area contributed by atoms with E-state index in [0.717, 1.165) is 12.2 Å². The summed E-state index contributed by atoms with van der Waals surface area (Å²) >= 11 is 0. The second-order valence-electron chi connectivity index (χ2n) is 5.43. The van der Waals surface area contributed by atoms with Crippen molar-refractivity contribution in [2.75, 3.05) is 16.8 Å². The van der Waals surface area contributed by atoms with Crippen LogP contribution in [0.15, 0.2) is 24.7 Å². The second-order valence-corrected chi connectivity index (χ2v) is 5.43. The van der Waals surface area contributed by atoms with Gasteiger partial charge in [0, 0.05) is 19.2 Å². The second kappa shape index (κ2) is 6.65. The van der Waals surface area contributed by atoms with Crippen LogP contribution in [0, 0.1) is 0 Å². The van der Waals surface area contributed by atoms with E-state index in [0.29, 0.717) is 25.3 Å². The molecule has 2 N–H and O–H groups in total. The molecule has 1 amide bonds. The third-order valence-corrected chi connectivity index (χ3v) is 3.90. The first-order valence-electron chi connectivity index (χ1n) is 7.75. The maximum atomic E-state index is 12.8. The van der Waals surface area contributed by atoms with E-state index in [-0.39, 0.29) is 11.6 Å². The molecule has 0 aliphatic carbocycles. The van der Waals surface area contributed by atoms with Crippen LogP contribution in [0.25, 0.3) is 0 Å². The molecule has 24 heavy (non-hydrogen) atoms. The summed E-state index contributed by atoms with van der Waals surface area (Å²) in [5.74, 6) is -0.0344. The summed E-state index contributed by atoms with van der Waals surface area (Å²) in [6.45, 7) is 3.30. The highest BCUT2D eigenvalue weighted by molar-refractivity contribution is 5.98. The van der Waals surface area contributed by atoms with Crippen molar-refractivity contribution in [3.8, 4) is 0 Å². The Labute approximate surface area is 138 Å². The minimum atomic E-state index is -1.14. The monoisotopic (exact) mass is 330 g/mol. The Morgan fingerprint density at radius 3 is 2.92 bits per heavy atom. The van der Waals surface area contributed by atoms with Gasteiger partial charge in [-0.2, -0.15) is 5.10 Å². The number of piperidine rings is 1. The summed E-state index contributed by atoms with van der Waals surface area (Å²) < 4.78 is 1.78. The number of aromatic nitrogens is 4. The molecule has 0 radical (unpaired) electrons. The number of carbonyl (C=O) groups excluding carboxylic acids is 1. The summed E-state index contributed by atoms with van der Waals surface area (Å²) in [5.41, 5.74) is -0.135. The molecule has 2 aromatic heterocycles. The van der Waals surface area contributed by atoms with E-state index >= 15 is 0 Å². The minimum absolute atomic E-state index is 0.0550. The normalized spacial score (nSPS) is 17.8. The topological polar surface area (TPSA) is 113 Å². The van der Waals surface area contributed by atoms with Gasteiger partial charge in [-0.3, -0.25) is 9.69 Å². The molecule has 0 spiro atoms. The van der Waals surface area contributed by atoms with Crippen LogP contribution < -0.4 is 10.2 Å². The van der Waals surface area contributed by atoms with Gasteiger partial charge < -0.3 is 10.4 Å². The lowest BCUT2D eigenvalue weighted by molar-refractivity contribution is -0.120. The smallest absolute Gasteiger partial charge is 0.356 e. The van der Waals surface area contributed by atoms with E-state index < -0.39 is 12.0 Å². The summed E-state index contributed by atoms with van der Waals surface area (Å²) in [5, 5.41) is 16.1. The largest absolute Gasteiger partial charge is 0.476 e. The molecule has 1 fully saturated rings. The van der Waals surface area contributed by atoms with Crippen molar-refractivity contribution in [2.24, 2.45) is 0 Å². The first kappa shape index (κ1) is 15.9. The van der Waals surface area contributed by atoms with Gasteiger partial charge in [-0.05, 0) is 19.8 Å². The number of amides is 1. The molecular formula is C15H18N6O3. The van der Waals surface area contributed by atoms with E-state index in [4.69, 9.17) is 5.11 Å². The Morgan fingerprint density at radius 1 is 1.42 bits per heavy atom. The summed E-state index contributed by atoms with van der Waals surface area (Å²) in [7, 11) is 0. The lowest BCUT2D eigenvalue weighted by Crippen LogP contribution is -2.48. The summed E-state index contributed by atoms with van der Waals surface area (Å²) in [6.07, 6.45) is 5.70. The molecule has 3 heterocycles. The zero-order chi connectivity index (χ0) is 17.1. The van der Waals surface area contributed by atoms with Gasteiger partial charge in [-0.1, -0.05) is 0 Å². The Kier molecular flexibility index (Phi) is 4.41. The third-order valence-electron chi connectivity index (χ3n) is 3.90. The van der Waals surface area contributed by atoms with Gasteiger partial charge in [0.1, 0.15) is 17.7 Å². The lowest BCUT2D eigenvalue weighted by atomic mass is 10.0. The molecule has 0 bridgehead atoms. The van der Waals surface area contributed by atoms with Crippen LogP contribution in [0.5, 0.6) is 0 Å². The van der Waals surface area contributed by atoms with Crippen LogP contribution >= 0.6 is 0 Å². The Bertz CT molecular complexity index is 742. The number of carbonyl (C=O) groups is 2. The van der Waals surface area contributed by atoms with E-state index in [9.17, 15) is 9.59 Å². The molecule has 0 aromatic carbocycles. The highest BCUT2D eigenvalue weighted by atomic mass is 16.4. The minimum Gasteiger partial charge on any atom is -0.476 e. The van der Waals surface area contributed by atoms with Gasteiger partial charge >= 0.3 is 5.97 Å². The number of anilines is 2. The summed E-state index contributed by atoms with van der Waals surface area (Å²) in [6, 6.07) is 1.40. The number of nitrogens with zero attached hydrogens (tertiary/aromatic N) is 5. The fraction of sp³-hybridized carbons (Fsp3) is 0.400. The Balaban J connectivity index is 1.74. The van der Waals surface area contributed by atoms with E-state index in [2.05, 4.69) is 20.4 Å². The fourth-order valence-corrected chi connectivity index (χ4v) is 2.73. The maximum Gasteiger partial charge on any atom is 0.356 e. The van der Waals surface area contributed by atoms with Crippen LogP contribution in [0.2, 0.25) is 0 Å². The third kappa shape index (κ3) is 3.05. The van der Waals surface area contributed by atoms with Crippen molar-refractivity contribution in [1.29, 1.82) is 0 Å². The average molecular weight is 330 g/mol. The molecule has 0 saturated carbocycles. The molecule has 2 aromatic rings. The zero-order valence-corrected chi connectivity index (χ0v) is 13.2. The first-order chi connectivity index (χ1) is 11.6. The van der Waals surface area contributed by atoms with Crippen LogP contribution in [0.4, 0.5) is 11.6 Å². The number of carboxylic acid groups (broad SMARTS) is 1. The number of carboxylic acids is 1. The number of rotatable bonds is 5. The maximum absolute atomic E-state index is 12.8. The summed E-state index contributed by atoms with van der Waals surface area (Å²) in [4.78, 5) is 33.1. The van der Waals surface area contributed by atoms with Crippen molar-refractivity contribution in [2.45, 2.75) is 32.4 Å². The molecule has 3 rings (SSSR count). The van der Waals surface area contributed by atoms with E-state index in [1.54, 1.807) is 15.8 Å². The molecule has 1 aliphatic heterocycles. The van der Waals surface area contributed by atoms with Crippen LogP contribution in [0.1, 0.15) is 30.3 Å². The van der Waals surface area contributed by atoms with Crippen molar-refractivity contribution >= 4 is 23.5 Å². The molecule has 1 atom stereocenters. The molecule has 1 unspecified atom stereocenters. The predicted molar refractivity (Wildman–Crippen MR) is 85.9 cm³/mol. The highest BCUT2D eigenvalue weighted by Gasteiger charge is 2.31. The van der Waals surface area contributed by atoms with Gasteiger partial charge in [0.2, 0.25) is 0 Å². The van der Waals surface area contributed by atoms with Gasteiger partial charge in [-0.25, -0.2) is 19.4 Å². The van der Waals surface area contributed by atoms with Gasteiger partial charge in [0.15, 0.2) is 5.69 Å². The van der Waals surface area contributed by atoms with Gasteiger partial charge in [0.25, 0.3) is 5.91 Å². The average Bonchev–Trinajstić information content (AvgIpc) is 3.05. The lowest BCUT2D eigenvalue weighted by Gasteiger charge is -2.32. The fourth-order valence-electron chi connectivity index (χ4n) is 2.73. The van der Waals surface area contributed by atoms with Crippen molar-refractivity contribution in [3.05, 3.63) is 30.4 Å². The number of hydrogen-bond donors (Lipinski definition) is 2.